The van der Waals surface area contributed by atoms with E-state index >= 15 is 0 Å². The second kappa shape index (κ2) is 5.52. The lowest BCUT2D eigenvalue weighted by Crippen LogP contribution is -2.52. The first-order valence-electron chi connectivity index (χ1n) is 6.43. The summed E-state index contributed by atoms with van der Waals surface area (Å²) in [5, 5.41) is 9.47. The summed E-state index contributed by atoms with van der Waals surface area (Å²) in [6.07, 6.45) is 1.31. The fourth-order valence-electron chi connectivity index (χ4n) is 2.75. The predicted molar refractivity (Wildman–Crippen MR) is 75.0 cm³/mol. The van der Waals surface area contributed by atoms with Crippen LogP contribution in [0.4, 0.5) is 4.39 Å². The molecule has 4 nitrogen and oxygen atoms in total. The van der Waals surface area contributed by atoms with E-state index in [1.54, 1.807) is 13.0 Å². The van der Waals surface area contributed by atoms with Crippen molar-refractivity contribution in [3.8, 4) is 0 Å². The van der Waals surface area contributed by atoms with Crippen molar-refractivity contribution in [1.82, 2.24) is 4.90 Å². The van der Waals surface area contributed by atoms with Crippen LogP contribution < -0.4 is 0 Å². The number of rotatable bonds is 3. The van der Waals surface area contributed by atoms with E-state index in [1.165, 1.54) is 17.0 Å². The summed E-state index contributed by atoms with van der Waals surface area (Å²) < 4.78 is 14.2. The van der Waals surface area contributed by atoms with E-state index in [-0.39, 0.29) is 5.56 Å². The van der Waals surface area contributed by atoms with Gasteiger partial charge in [-0.3, -0.25) is 4.79 Å². The van der Waals surface area contributed by atoms with Gasteiger partial charge in [0, 0.05) is 11.0 Å². The fourth-order valence-corrected chi connectivity index (χ4v) is 3.26. The van der Waals surface area contributed by atoms with E-state index in [4.69, 9.17) is 0 Å². The highest BCUT2D eigenvalue weighted by atomic mass is 79.9. The molecule has 1 unspecified atom stereocenters. The van der Waals surface area contributed by atoms with Gasteiger partial charge in [0.2, 0.25) is 0 Å². The summed E-state index contributed by atoms with van der Waals surface area (Å²) in [6, 6.07) is 4.26. The third-order valence-corrected chi connectivity index (χ3v) is 4.55. The van der Waals surface area contributed by atoms with Crippen LogP contribution in [0, 0.1) is 5.82 Å². The number of hydrogen-bond donors (Lipinski definition) is 1. The quantitative estimate of drug-likeness (QED) is 0.917. The van der Waals surface area contributed by atoms with E-state index in [9.17, 15) is 19.1 Å². The Morgan fingerprint density at radius 3 is 2.75 bits per heavy atom. The molecule has 1 amide bonds. The Morgan fingerprint density at radius 2 is 2.20 bits per heavy atom. The van der Waals surface area contributed by atoms with Gasteiger partial charge in [-0.1, -0.05) is 13.0 Å². The number of halogens is 2. The molecule has 0 spiro atoms. The van der Waals surface area contributed by atoms with Crippen molar-refractivity contribution in [2.24, 2.45) is 0 Å². The third-order valence-electron chi connectivity index (χ3n) is 3.89. The highest BCUT2D eigenvalue weighted by molar-refractivity contribution is 9.10. The summed E-state index contributed by atoms with van der Waals surface area (Å²) in [6.45, 7) is 2.07. The van der Waals surface area contributed by atoms with Gasteiger partial charge in [0.15, 0.2) is 0 Å². The zero-order chi connectivity index (χ0) is 14.9. The number of aliphatic carboxylic acids is 1. The Kier molecular flexibility index (Phi) is 4.13. The van der Waals surface area contributed by atoms with Gasteiger partial charge in [0.25, 0.3) is 5.91 Å². The van der Waals surface area contributed by atoms with Crippen molar-refractivity contribution >= 4 is 27.8 Å². The van der Waals surface area contributed by atoms with Crippen molar-refractivity contribution in [2.75, 3.05) is 6.54 Å². The van der Waals surface area contributed by atoms with Gasteiger partial charge in [-0.2, -0.15) is 0 Å². The molecule has 0 aliphatic carbocycles. The molecular formula is C14H15BrFNO3. The number of hydrogen-bond acceptors (Lipinski definition) is 2. The Labute approximate surface area is 124 Å². The standard InChI is InChI=1S/C14H15BrFNO3/c1-2-14(13(19)20)7-4-8-17(14)12(18)11-9(15)5-3-6-10(11)16/h3,5-6H,2,4,7-8H2,1H3,(H,19,20). The smallest absolute Gasteiger partial charge is 0.329 e. The molecule has 2 rings (SSSR count). The number of carboxylic acids is 1. The number of nitrogens with zero attached hydrogens (tertiary/aromatic N) is 1. The normalized spacial score (nSPS) is 22.1. The molecule has 108 valence electrons. The first kappa shape index (κ1) is 15.0. The summed E-state index contributed by atoms with van der Waals surface area (Å²) in [5.74, 6) is -2.25. The van der Waals surface area contributed by atoms with Crippen LogP contribution >= 0.6 is 15.9 Å². The Bertz CT molecular complexity index is 543. The molecule has 0 aromatic heterocycles. The van der Waals surface area contributed by atoms with Crippen LogP contribution in [0.1, 0.15) is 36.5 Å². The van der Waals surface area contributed by atoms with Crippen LogP contribution in [0.15, 0.2) is 22.7 Å². The number of carbonyl (C=O) groups is 2. The van der Waals surface area contributed by atoms with Crippen molar-refractivity contribution < 1.29 is 19.1 Å². The van der Waals surface area contributed by atoms with Crippen LogP contribution in [-0.4, -0.2) is 34.0 Å². The highest BCUT2D eigenvalue weighted by Crippen LogP contribution is 2.35. The first-order valence-corrected chi connectivity index (χ1v) is 7.22. The average Bonchev–Trinajstić information content (AvgIpc) is 2.83. The number of benzene rings is 1. The molecule has 0 radical (unpaired) electrons. The van der Waals surface area contributed by atoms with E-state index in [2.05, 4.69) is 15.9 Å². The van der Waals surface area contributed by atoms with Crippen LogP contribution in [0.5, 0.6) is 0 Å². The van der Waals surface area contributed by atoms with Gasteiger partial charge in [-0.05, 0) is 47.3 Å². The minimum Gasteiger partial charge on any atom is -0.479 e. The SMILES string of the molecule is CCC1(C(=O)O)CCCN1C(=O)c1c(F)cccc1Br. The molecule has 20 heavy (non-hydrogen) atoms. The summed E-state index contributed by atoms with van der Waals surface area (Å²) in [5.41, 5.74) is -1.33. The monoisotopic (exact) mass is 343 g/mol. The largest absolute Gasteiger partial charge is 0.479 e. The second-order valence-corrected chi connectivity index (χ2v) is 5.70. The molecule has 1 heterocycles. The van der Waals surface area contributed by atoms with Crippen LogP contribution in [0.2, 0.25) is 0 Å². The molecule has 6 heteroatoms. The maximum absolute atomic E-state index is 13.9. The molecule has 1 atom stereocenters. The maximum atomic E-state index is 13.9. The van der Waals surface area contributed by atoms with Crippen LogP contribution in [0.25, 0.3) is 0 Å². The van der Waals surface area contributed by atoms with Gasteiger partial charge in [-0.25, -0.2) is 9.18 Å². The summed E-state index contributed by atoms with van der Waals surface area (Å²) in [7, 11) is 0. The number of carbonyl (C=O) groups excluding carboxylic acids is 1. The minimum absolute atomic E-state index is 0.103. The predicted octanol–water partition coefficient (Wildman–Crippen LogP) is 3.06. The number of amides is 1. The first-order chi connectivity index (χ1) is 9.44. The van der Waals surface area contributed by atoms with Gasteiger partial charge < -0.3 is 10.0 Å². The van der Waals surface area contributed by atoms with E-state index in [0.29, 0.717) is 30.3 Å². The van der Waals surface area contributed by atoms with Gasteiger partial charge >= 0.3 is 5.97 Å². The third kappa shape index (κ3) is 2.22. The average molecular weight is 344 g/mol. The van der Waals surface area contributed by atoms with E-state index < -0.39 is 23.2 Å². The van der Waals surface area contributed by atoms with Crippen molar-refractivity contribution in [3.63, 3.8) is 0 Å². The highest BCUT2D eigenvalue weighted by Gasteiger charge is 2.49. The van der Waals surface area contributed by atoms with Crippen molar-refractivity contribution in [1.29, 1.82) is 0 Å². The molecule has 1 fully saturated rings. The minimum atomic E-state index is -1.22. The maximum Gasteiger partial charge on any atom is 0.329 e. The number of likely N-dealkylation sites (tertiary alicyclic amines) is 1. The molecule has 1 saturated heterocycles. The van der Waals surface area contributed by atoms with Gasteiger partial charge in [-0.15, -0.1) is 0 Å². The molecule has 1 aliphatic heterocycles. The van der Waals surface area contributed by atoms with Crippen LogP contribution in [-0.2, 0) is 4.79 Å². The molecule has 1 aromatic rings. The van der Waals surface area contributed by atoms with Crippen molar-refractivity contribution in [3.05, 3.63) is 34.1 Å². The lowest BCUT2D eigenvalue weighted by Gasteiger charge is -2.34. The Morgan fingerprint density at radius 1 is 1.50 bits per heavy atom. The zero-order valence-electron chi connectivity index (χ0n) is 11.0. The van der Waals surface area contributed by atoms with E-state index in [1.807, 2.05) is 0 Å². The van der Waals surface area contributed by atoms with E-state index in [0.717, 1.165) is 0 Å². The molecule has 0 saturated carbocycles. The molecular weight excluding hydrogens is 329 g/mol. The van der Waals surface area contributed by atoms with Gasteiger partial charge in [0.1, 0.15) is 11.4 Å². The van der Waals surface area contributed by atoms with Gasteiger partial charge in [0.05, 0.1) is 5.56 Å². The Hall–Kier alpha value is -1.43. The molecule has 0 bridgehead atoms. The summed E-state index contributed by atoms with van der Waals surface area (Å²) in [4.78, 5) is 25.4. The fraction of sp³-hybridized carbons (Fsp3) is 0.429. The second-order valence-electron chi connectivity index (χ2n) is 4.85. The lowest BCUT2D eigenvalue weighted by molar-refractivity contribution is -0.148. The molecule has 1 aliphatic rings. The molecule has 1 N–H and O–H groups in total. The Balaban J connectivity index is 2.45. The topological polar surface area (TPSA) is 57.6 Å². The van der Waals surface area contributed by atoms with Crippen LogP contribution in [0.3, 0.4) is 0 Å². The van der Waals surface area contributed by atoms with Crippen molar-refractivity contribution in [2.45, 2.75) is 31.7 Å². The summed E-state index contributed by atoms with van der Waals surface area (Å²) >= 11 is 3.16. The number of carboxylic acid groups (broad SMARTS) is 1. The molecule has 1 aromatic carbocycles. The zero-order valence-corrected chi connectivity index (χ0v) is 12.6. The lowest BCUT2D eigenvalue weighted by atomic mass is 9.92.